The van der Waals surface area contributed by atoms with Crippen LogP contribution in [0.15, 0.2) is 36.5 Å². The molecule has 1 N–H and O–H groups in total. The Labute approximate surface area is 158 Å². The van der Waals surface area contributed by atoms with E-state index < -0.39 is 41.8 Å². The van der Waals surface area contributed by atoms with Gasteiger partial charge in [-0.3, -0.25) is 0 Å². The number of rotatable bonds is 2. The molecule has 2 heterocycles. The van der Waals surface area contributed by atoms with Crippen LogP contribution in [0.3, 0.4) is 0 Å². The first-order chi connectivity index (χ1) is 12.7. The predicted octanol–water partition coefficient (Wildman–Crippen LogP) is 2.08. The quantitative estimate of drug-likeness (QED) is 0.453. The topological polar surface area (TPSA) is 82.1 Å². The molecule has 2 aliphatic heterocycles. The van der Waals surface area contributed by atoms with Crippen LogP contribution in [-0.4, -0.2) is 47.1 Å². The lowest BCUT2D eigenvalue weighted by Gasteiger charge is -2.46. The van der Waals surface area contributed by atoms with Crippen molar-refractivity contribution in [2.24, 2.45) is 17.8 Å². The summed E-state index contributed by atoms with van der Waals surface area (Å²) >= 11 is 0. The van der Waals surface area contributed by atoms with E-state index in [0.717, 1.165) is 5.57 Å². The molecular formula is C21H26O6. The van der Waals surface area contributed by atoms with E-state index in [0.29, 0.717) is 30.4 Å². The summed E-state index contributed by atoms with van der Waals surface area (Å²) in [5.41, 5.74) is 0.724. The summed E-state index contributed by atoms with van der Waals surface area (Å²) in [6.07, 6.45) is -0.446. The van der Waals surface area contributed by atoms with Crippen LogP contribution >= 0.6 is 0 Å². The molecule has 0 amide bonds. The van der Waals surface area contributed by atoms with E-state index in [4.69, 9.17) is 14.2 Å². The summed E-state index contributed by atoms with van der Waals surface area (Å²) in [7, 11) is 0. The molecular weight excluding hydrogens is 348 g/mol. The highest BCUT2D eigenvalue weighted by Gasteiger charge is 2.70. The van der Waals surface area contributed by atoms with Gasteiger partial charge in [-0.1, -0.05) is 25.3 Å². The largest absolute Gasteiger partial charge is 0.459 e. The van der Waals surface area contributed by atoms with Crippen LogP contribution < -0.4 is 0 Å². The summed E-state index contributed by atoms with van der Waals surface area (Å²) in [5.74, 6) is -1.67. The second-order valence-electron chi connectivity index (χ2n) is 8.46. The summed E-state index contributed by atoms with van der Waals surface area (Å²) in [4.78, 5) is 25.1. The molecule has 0 unspecified atom stereocenters. The van der Waals surface area contributed by atoms with Crippen molar-refractivity contribution >= 4 is 11.9 Å². The number of fused-ring (bicyclic) bond motifs is 4. The Kier molecular flexibility index (Phi) is 4.13. The first kappa shape index (κ1) is 18.4. The number of hydrogen-bond donors (Lipinski definition) is 1. The molecule has 0 aromatic carbocycles. The van der Waals surface area contributed by atoms with Crippen LogP contribution in [0.25, 0.3) is 0 Å². The Morgan fingerprint density at radius 1 is 1.37 bits per heavy atom. The van der Waals surface area contributed by atoms with Crippen molar-refractivity contribution in [2.45, 2.75) is 63.1 Å². The van der Waals surface area contributed by atoms with E-state index in [9.17, 15) is 14.7 Å². The highest BCUT2D eigenvalue weighted by molar-refractivity contribution is 5.87. The van der Waals surface area contributed by atoms with Gasteiger partial charge in [0.25, 0.3) is 0 Å². The first-order valence-electron chi connectivity index (χ1n) is 9.45. The van der Waals surface area contributed by atoms with Gasteiger partial charge in [0.2, 0.25) is 0 Å². The van der Waals surface area contributed by atoms with Gasteiger partial charge in [0.05, 0.1) is 18.1 Å². The van der Waals surface area contributed by atoms with Crippen molar-refractivity contribution < 1.29 is 28.9 Å². The van der Waals surface area contributed by atoms with Gasteiger partial charge in [0.1, 0.15) is 12.2 Å². The fourth-order valence-electron chi connectivity index (χ4n) is 5.40. The number of aliphatic hydroxyl groups is 1. The minimum absolute atomic E-state index is 0.0611. The third-order valence-corrected chi connectivity index (χ3v) is 6.60. The fourth-order valence-corrected chi connectivity index (χ4v) is 5.40. The van der Waals surface area contributed by atoms with Crippen molar-refractivity contribution in [3.8, 4) is 0 Å². The lowest BCUT2D eigenvalue weighted by atomic mass is 9.71. The third-order valence-electron chi connectivity index (χ3n) is 6.60. The Bertz CT molecular complexity index is 746. The van der Waals surface area contributed by atoms with E-state index in [1.165, 1.54) is 0 Å². The number of hydrogen-bond acceptors (Lipinski definition) is 6. The molecule has 146 valence electrons. The lowest BCUT2D eigenvalue weighted by Crippen LogP contribution is -2.60. The second-order valence-corrected chi connectivity index (χ2v) is 8.46. The van der Waals surface area contributed by atoms with Crippen LogP contribution in [0.5, 0.6) is 0 Å². The minimum Gasteiger partial charge on any atom is -0.459 e. The van der Waals surface area contributed by atoms with E-state index in [1.54, 1.807) is 6.92 Å². The van der Waals surface area contributed by atoms with Gasteiger partial charge >= 0.3 is 11.9 Å². The molecule has 0 aromatic heterocycles. The minimum atomic E-state index is -1.10. The Balaban J connectivity index is 1.76. The number of aliphatic hydroxyl groups excluding tert-OH is 1. The Hall–Kier alpha value is -1.92. The van der Waals surface area contributed by atoms with Gasteiger partial charge < -0.3 is 19.3 Å². The van der Waals surface area contributed by atoms with Crippen molar-refractivity contribution in [1.82, 2.24) is 0 Å². The predicted molar refractivity (Wildman–Crippen MR) is 96.5 cm³/mol. The van der Waals surface area contributed by atoms with Gasteiger partial charge in [-0.25, -0.2) is 9.59 Å². The molecule has 4 aliphatic rings. The van der Waals surface area contributed by atoms with Crippen molar-refractivity contribution in [2.75, 3.05) is 0 Å². The molecule has 2 aliphatic carbocycles. The highest BCUT2D eigenvalue weighted by atomic mass is 16.6. The van der Waals surface area contributed by atoms with E-state index in [-0.39, 0.29) is 17.9 Å². The average Bonchev–Trinajstić information content (AvgIpc) is 2.98. The normalized spacial score (nSPS) is 45.6. The lowest BCUT2D eigenvalue weighted by molar-refractivity contribution is -0.228. The van der Waals surface area contributed by atoms with E-state index >= 15 is 0 Å². The van der Waals surface area contributed by atoms with Crippen molar-refractivity contribution in [3.63, 3.8) is 0 Å². The maximum atomic E-state index is 12.8. The summed E-state index contributed by atoms with van der Waals surface area (Å²) in [5, 5.41) is 10.3. The van der Waals surface area contributed by atoms with Crippen LogP contribution in [0.1, 0.15) is 33.1 Å². The molecule has 2 saturated heterocycles. The molecule has 4 fully saturated rings. The fraction of sp³-hybridized carbons (Fsp3) is 0.619. The molecule has 6 heteroatoms. The Morgan fingerprint density at radius 3 is 2.63 bits per heavy atom. The zero-order valence-corrected chi connectivity index (χ0v) is 15.8. The highest BCUT2D eigenvalue weighted by Crippen LogP contribution is 2.58. The third kappa shape index (κ3) is 2.53. The summed E-state index contributed by atoms with van der Waals surface area (Å²) in [6.45, 7) is 15.4. The molecule has 0 aromatic rings. The maximum Gasteiger partial charge on any atom is 0.339 e. The van der Waals surface area contributed by atoms with Crippen LogP contribution in [-0.2, 0) is 23.8 Å². The van der Waals surface area contributed by atoms with Crippen molar-refractivity contribution in [1.29, 1.82) is 0 Å². The van der Waals surface area contributed by atoms with Crippen LogP contribution in [0.2, 0.25) is 0 Å². The van der Waals surface area contributed by atoms with Gasteiger partial charge in [-0.05, 0) is 31.8 Å². The molecule has 0 bridgehead atoms. The summed E-state index contributed by atoms with van der Waals surface area (Å²) < 4.78 is 17.5. The number of carbonyl (C=O) groups is 2. The SMILES string of the molecule is C=C(C)C(=O)O[C@H]1CC(=C)[C@@H]2C[C@H](O)C(=C)[C@@H]2[C@H]2OC(=O)[C@]3(C[C@H](C)O3)[C@@H]21. The molecule has 4 rings (SSSR count). The number of ether oxygens (including phenoxy) is 3. The molecule has 6 nitrogen and oxygen atoms in total. The summed E-state index contributed by atoms with van der Waals surface area (Å²) in [6, 6.07) is 0. The van der Waals surface area contributed by atoms with E-state index in [1.807, 2.05) is 6.92 Å². The number of esters is 2. The van der Waals surface area contributed by atoms with Gasteiger partial charge in [0.15, 0.2) is 5.60 Å². The van der Waals surface area contributed by atoms with Gasteiger partial charge in [-0.2, -0.15) is 0 Å². The zero-order chi connectivity index (χ0) is 19.7. The molecule has 2 saturated carbocycles. The zero-order valence-electron chi connectivity index (χ0n) is 15.8. The monoisotopic (exact) mass is 374 g/mol. The first-order valence-corrected chi connectivity index (χ1v) is 9.45. The molecule has 0 radical (unpaired) electrons. The van der Waals surface area contributed by atoms with E-state index in [2.05, 4.69) is 19.7 Å². The van der Waals surface area contributed by atoms with Crippen LogP contribution in [0, 0.1) is 17.8 Å². The van der Waals surface area contributed by atoms with Crippen LogP contribution in [0.4, 0.5) is 0 Å². The standard InChI is InChI=1S/C21H26O6/c1-9(2)19(23)25-15-6-10(3)13-7-14(22)12(5)16(13)18-17(15)21(20(24)26-18)8-11(4)27-21/h11,13-18,22H,1,3,5-8H2,2,4H3/t11-,13-,14-,15-,16-,17+,18+,21-/m0/s1. The smallest absolute Gasteiger partial charge is 0.339 e. The van der Waals surface area contributed by atoms with Gasteiger partial charge in [-0.15, -0.1) is 0 Å². The molecule has 27 heavy (non-hydrogen) atoms. The van der Waals surface area contributed by atoms with Gasteiger partial charge in [0, 0.05) is 24.3 Å². The molecule has 8 atom stereocenters. The Morgan fingerprint density at radius 2 is 2.04 bits per heavy atom. The average molecular weight is 374 g/mol. The molecule has 1 spiro atoms. The second kappa shape index (κ2) is 6.04. The number of carbonyl (C=O) groups excluding carboxylic acids is 2. The maximum absolute atomic E-state index is 12.8. The van der Waals surface area contributed by atoms with Crippen molar-refractivity contribution in [3.05, 3.63) is 36.5 Å².